The molecule has 0 saturated heterocycles. The maximum Gasteiger partial charge on any atom is 0.126 e. The molecule has 1 aliphatic rings. The minimum atomic E-state index is -0.101. The Kier molecular flexibility index (Phi) is 2.67. The molecule has 1 heterocycles. The van der Waals surface area contributed by atoms with Crippen molar-refractivity contribution in [3.63, 3.8) is 0 Å². The normalized spacial score (nSPS) is 19.5. The molecule has 96 valence electrons. The van der Waals surface area contributed by atoms with Gasteiger partial charge in [-0.25, -0.2) is 4.39 Å². The Hall–Kier alpha value is -1.35. The fourth-order valence-electron chi connectivity index (χ4n) is 3.10. The molecule has 0 aliphatic heterocycles. The summed E-state index contributed by atoms with van der Waals surface area (Å²) in [6.07, 6.45) is 3.26. The molecule has 2 nitrogen and oxygen atoms in total. The highest BCUT2D eigenvalue weighted by Crippen LogP contribution is 2.33. The SMILES string of the molecule is Cc1c(F)ccc2[nH]c3c(c12)CC(N(C)C)CC3. The Balaban J connectivity index is 2.17. The van der Waals surface area contributed by atoms with Crippen LogP contribution < -0.4 is 0 Å². The lowest BCUT2D eigenvalue weighted by molar-refractivity contribution is 0.268. The zero-order valence-electron chi connectivity index (χ0n) is 11.2. The third-order valence-electron chi connectivity index (χ3n) is 4.25. The number of aromatic amines is 1. The van der Waals surface area contributed by atoms with Crippen molar-refractivity contribution in [2.24, 2.45) is 0 Å². The van der Waals surface area contributed by atoms with Crippen molar-refractivity contribution >= 4 is 10.9 Å². The van der Waals surface area contributed by atoms with Crippen LogP contribution in [0.1, 0.15) is 23.2 Å². The number of halogens is 1. The fraction of sp³-hybridized carbons (Fsp3) is 0.467. The summed E-state index contributed by atoms with van der Waals surface area (Å²) in [5, 5.41) is 1.11. The van der Waals surface area contributed by atoms with E-state index in [4.69, 9.17) is 0 Å². The molecule has 3 rings (SSSR count). The van der Waals surface area contributed by atoms with E-state index in [0.717, 1.165) is 29.3 Å². The van der Waals surface area contributed by atoms with Gasteiger partial charge in [-0.05, 0) is 63.5 Å². The number of aryl methyl sites for hydroxylation is 2. The largest absolute Gasteiger partial charge is 0.358 e. The molecule has 0 radical (unpaired) electrons. The molecule has 1 unspecified atom stereocenters. The molecule has 0 fully saturated rings. The van der Waals surface area contributed by atoms with Gasteiger partial charge < -0.3 is 9.88 Å². The predicted octanol–water partition coefficient (Wildman–Crippen LogP) is 3.03. The van der Waals surface area contributed by atoms with Crippen LogP contribution in [0, 0.1) is 12.7 Å². The summed E-state index contributed by atoms with van der Waals surface area (Å²) in [6.45, 7) is 1.88. The van der Waals surface area contributed by atoms with Crippen LogP contribution in [0.4, 0.5) is 4.39 Å². The molecule has 1 aromatic heterocycles. The lowest BCUT2D eigenvalue weighted by Crippen LogP contribution is -2.33. The Morgan fingerprint density at radius 1 is 1.33 bits per heavy atom. The first-order chi connectivity index (χ1) is 8.58. The summed E-state index contributed by atoms with van der Waals surface area (Å²) in [7, 11) is 4.25. The first-order valence-electron chi connectivity index (χ1n) is 6.53. The van der Waals surface area contributed by atoms with Crippen molar-refractivity contribution in [3.05, 3.63) is 34.8 Å². The first-order valence-corrected chi connectivity index (χ1v) is 6.53. The third kappa shape index (κ3) is 1.65. The number of aromatic nitrogens is 1. The second-order valence-electron chi connectivity index (χ2n) is 5.54. The van der Waals surface area contributed by atoms with E-state index >= 15 is 0 Å². The van der Waals surface area contributed by atoms with Gasteiger partial charge >= 0.3 is 0 Å². The van der Waals surface area contributed by atoms with Crippen LogP contribution in [0.3, 0.4) is 0 Å². The Morgan fingerprint density at radius 2 is 2.11 bits per heavy atom. The minimum Gasteiger partial charge on any atom is -0.358 e. The van der Waals surface area contributed by atoms with Gasteiger partial charge in [0.05, 0.1) is 0 Å². The number of H-pyrrole nitrogens is 1. The van der Waals surface area contributed by atoms with Crippen molar-refractivity contribution < 1.29 is 4.39 Å². The number of nitrogens with zero attached hydrogens (tertiary/aromatic N) is 1. The second-order valence-corrected chi connectivity index (χ2v) is 5.54. The van der Waals surface area contributed by atoms with Gasteiger partial charge in [-0.15, -0.1) is 0 Å². The summed E-state index contributed by atoms with van der Waals surface area (Å²) in [5.41, 5.74) is 4.49. The summed E-state index contributed by atoms with van der Waals surface area (Å²) >= 11 is 0. The van der Waals surface area contributed by atoms with E-state index in [1.807, 2.05) is 13.0 Å². The van der Waals surface area contributed by atoms with Gasteiger partial charge in [0.25, 0.3) is 0 Å². The summed E-state index contributed by atoms with van der Waals surface area (Å²) < 4.78 is 13.7. The number of fused-ring (bicyclic) bond motifs is 3. The van der Waals surface area contributed by atoms with E-state index < -0.39 is 0 Å². The molecular weight excluding hydrogens is 227 g/mol. The zero-order chi connectivity index (χ0) is 12.9. The average Bonchev–Trinajstić information content (AvgIpc) is 2.71. The van der Waals surface area contributed by atoms with Crippen molar-refractivity contribution in [2.45, 2.75) is 32.2 Å². The van der Waals surface area contributed by atoms with Gasteiger partial charge in [-0.1, -0.05) is 0 Å². The quantitative estimate of drug-likeness (QED) is 0.819. The molecule has 1 aromatic carbocycles. The van der Waals surface area contributed by atoms with E-state index in [2.05, 4.69) is 24.0 Å². The lowest BCUT2D eigenvalue weighted by Gasteiger charge is -2.28. The van der Waals surface area contributed by atoms with Gasteiger partial charge in [-0.3, -0.25) is 0 Å². The van der Waals surface area contributed by atoms with Gasteiger partial charge in [0.15, 0.2) is 0 Å². The number of hydrogen-bond acceptors (Lipinski definition) is 1. The van der Waals surface area contributed by atoms with Crippen LogP contribution in [0.25, 0.3) is 10.9 Å². The fourth-order valence-corrected chi connectivity index (χ4v) is 3.10. The summed E-state index contributed by atoms with van der Waals surface area (Å²) in [6, 6.07) is 3.99. The standard InChI is InChI=1S/C15H19FN2/c1-9-12(16)5-7-14-15(9)11-8-10(18(2)3)4-6-13(11)17-14/h5,7,10,17H,4,6,8H2,1-3H3. The highest BCUT2D eigenvalue weighted by Gasteiger charge is 2.24. The third-order valence-corrected chi connectivity index (χ3v) is 4.25. The van der Waals surface area contributed by atoms with E-state index in [1.165, 1.54) is 17.7 Å². The molecule has 2 aromatic rings. The van der Waals surface area contributed by atoms with E-state index in [-0.39, 0.29) is 5.82 Å². The molecule has 3 heteroatoms. The van der Waals surface area contributed by atoms with Crippen molar-refractivity contribution in [1.82, 2.24) is 9.88 Å². The van der Waals surface area contributed by atoms with Crippen molar-refractivity contribution in [3.8, 4) is 0 Å². The van der Waals surface area contributed by atoms with Gasteiger partial charge in [0.2, 0.25) is 0 Å². The van der Waals surface area contributed by atoms with Crippen LogP contribution in [0.15, 0.2) is 12.1 Å². The maximum absolute atomic E-state index is 13.7. The van der Waals surface area contributed by atoms with Crippen LogP contribution in [-0.2, 0) is 12.8 Å². The Morgan fingerprint density at radius 3 is 2.83 bits per heavy atom. The molecular formula is C15H19FN2. The lowest BCUT2D eigenvalue weighted by atomic mass is 9.90. The minimum absolute atomic E-state index is 0.101. The van der Waals surface area contributed by atoms with Crippen LogP contribution in [0.5, 0.6) is 0 Å². The van der Waals surface area contributed by atoms with Crippen molar-refractivity contribution in [2.75, 3.05) is 14.1 Å². The predicted molar refractivity (Wildman–Crippen MR) is 72.5 cm³/mol. The second kappa shape index (κ2) is 4.09. The molecule has 18 heavy (non-hydrogen) atoms. The molecule has 0 amide bonds. The summed E-state index contributed by atoms with van der Waals surface area (Å²) in [5.74, 6) is -0.101. The number of rotatable bonds is 1. The molecule has 1 N–H and O–H groups in total. The molecule has 0 bridgehead atoms. The number of benzene rings is 1. The molecule has 1 aliphatic carbocycles. The number of likely N-dealkylation sites (N-methyl/N-ethyl adjacent to an activating group) is 1. The topological polar surface area (TPSA) is 19.0 Å². The first kappa shape index (κ1) is 11.7. The molecule has 0 spiro atoms. The van der Waals surface area contributed by atoms with Gasteiger partial charge in [-0.2, -0.15) is 0 Å². The van der Waals surface area contributed by atoms with E-state index in [1.54, 1.807) is 6.07 Å². The zero-order valence-corrected chi connectivity index (χ0v) is 11.2. The number of nitrogens with one attached hydrogen (secondary N) is 1. The molecule has 0 saturated carbocycles. The van der Waals surface area contributed by atoms with Crippen LogP contribution >= 0.6 is 0 Å². The highest BCUT2D eigenvalue weighted by atomic mass is 19.1. The highest BCUT2D eigenvalue weighted by molar-refractivity contribution is 5.88. The van der Waals surface area contributed by atoms with Crippen LogP contribution in [0.2, 0.25) is 0 Å². The average molecular weight is 246 g/mol. The van der Waals surface area contributed by atoms with Crippen molar-refractivity contribution in [1.29, 1.82) is 0 Å². The number of hydrogen-bond donors (Lipinski definition) is 1. The summed E-state index contributed by atoms with van der Waals surface area (Å²) in [4.78, 5) is 5.73. The Labute approximate surface area is 107 Å². The monoisotopic (exact) mass is 246 g/mol. The Bertz CT molecular complexity index is 598. The maximum atomic E-state index is 13.7. The van der Waals surface area contributed by atoms with E-state index in [9.17, 15) is 4.39 Å². The smallest absolute Gasteiger partial charge is 0.126 e. The van der Waals surface area contributed by atoms with Gasteiger partial charge in [0, 0.05) is 22.6 Å². The molecule has 1 atom stereocenters. The van der Waals surface area contributed by atoms with Crippen LogP contribution in [-0.4, -0.2) is 30.0 Å². The van der Waals surface area contributed by atoms with E-state index in [0.29, 0.717) is 6.04 Å². The van der Waals surface area contributed by atoms with Gasteiger partial charge in [0.1, 0.15) is 5.82 Å².